The lowest BCUT2D eigenvalue weighted by atomic mass is 10.1. The molecular weight excluding hydrogens is 358 g/mol. The number of aryl methyl sites for hydroxylation is 2. The van der Waals surface area contributed by atoms with Gasteiger partial charge in [0.15, 0.2) is 0 Å². The number of fused-ring (bicyclic) bond motifs is 1. The molecule has 1 fully saturated rings. The maximum absolute atomic E-state index is 5.02. The summed E-state index contributed by atoms with van der Waals surface area (Å²) < 4.78 is 2.26. The minimum absolute atomic E-state index is 0.961. The van der Waals surface area contributed by atoms with Gasteiger partial charge in [-0.25, -0.2) is 4.98 Å². The summed E-state index contributed by atoms with van der Waals surface area (Å²) in [6.45, 7) is 8.24. The summed E-state index contributed by atoms with van der Waals surface area (Å²) >= 11 is 0. The molecule has 29 heavy (non-hydrogen) atoms. The van der Waals surface area contributed by atoms with Crippen LogP contribution in [0, 0.1) is 13.8 Å². The normalized spacial score (nSPS) is 14.5. The van der Waals surface area contributed by atoms with E-state index in [1.807, 2.05) is 13.1 Å². The van der Waals surface area contributed by atoms with Crippen LogP contribution in [-0.2, 0) is 0 Å². The first-order valence-corrected chi connectivity index (χ1v) is 10.2. The molecule has 2 aromatic heterocycles. The fraction of sp³-hybridized carbons (Fsp3) is 0.250. The van der Waals surface area contributed by atoms with Crippen LogP contribution in [0.3, 0.4) is 0 Å². The standard InChI is InChI=1S/C24H25N5/c1-17-3-5-19(6-4-17)24-27-22-8-7-20(28-13-11-25-12-14-28)16-23(22)29(24)21-9-10-26-18(2)15-21/h3-10,15-16,25H,11-14H2,1-2H3. The van der Waals surface area contributed by atoms with Gasteiger partial charge in [-0.2, -0.15) is 0 Å². The molecular formula is C24H25N5. The zero-order valence-corrected chi connectivity index (χ0v) is 16.9. The van der Waals surface area contributed by atoms with Crippen molar-refractivity contribution < 1.29 is 0 Å². The highest BCUT2D eigenvalue weighted by molar-refractivity contribution is 5.86. The average molecular weight is 383 g/mol. The Balaban J connectivity index is 1.73. The van der Waals surface area contributed by atoms with E-state index in [1.165, 1.54) is 11.3 Å². The summed E-state index contributed by atoms with van der Waals surface area (Å²) in [5.41, 5.74) is 7.84. The minimum Gasteiger partial charge on any atom is -0.369 e. The summed E-state index contributed by atoms with van der Waals surface area (Å²) in [4.78, 5) is 11.8. The van der Waals surface area contributed by atoms with Gasteiger partial charge in [-0.15, -0.1) is 0 Å². The SMILES string of the molecule is Cc1ccc(-c2nc3ccc(N4CCNCC4)cc3n2-c2ccnc(C)c2)cc1. The molecule has 0 unspecified atom stereocenters. The van der Waals surface area contributed by atoms with Gasteiger partial charge in [0.1, 0.15) is 5.82 Å². The van der Waals surface area contributed by atoms with E-state index in [4.69, 9.17) is 4.98 Å². The third kappa shape index (κ3) is 3.38. The van der Waals surface area contributed by atoms with Crippen LogP contribution < -0.4 is 10.2 Å². The van der Waals surface area contributed by atoms with E-state index in [1.54, 1.807) is 0 Å². The number of piperazine rings is 1. The number of nitrogens with zero attached hydrogens (tertiary/aromatic N) is 4. The maximum Gasteiger partial charge on any atom is 0.145 e. The molecule has 1 aliphatic heterocycles. The van der Waals surface area contributed by atoms with Crippen molar-refractivity contribution in [2.24, 2.45) is 0 Å². The van der Waals surface area contributed by atoms with Gasteiger partial charge in [0.25, 0.3) is 0 Å². The Hall–Kier alpha value is -3.18. The van der Waals surface area contributed by atoms with Crippen molar-refractivity contribution in [3.8, 4) is 17.1 Å². The van der Waals surface area contributed by atoms with Crippen LogP contribution in [0.15, 0.2) is 60.8 Å². The molecule has 3 heterocycles. The van der Waals surface area contributed by atoms with Crippen LogP contribution in [0.25, 0.3) is 28.1 Å². The minimum atomic E-state index is 0.961. The van der Waals surface area contributed by atoms with E-state index in [2.05, 4.69) is 81.3 Å². The highest BCUT2D eigenvalue weighted by atomic mass is 15.2. The van der Waals surface area contributed by atoms with Gasteiger partial charge in [0, 0.05) is 49.3 Å². The smallest absolute Gasteiger partial charge is 0.145 e. The zero-order chi connectivity index (χ0) is 19.8. The van der Waals surface area contributed by atoms with Gasteiger partial charge >= 0.3 is 0 Å². The van der Waals surface area contributed by atoms with E-state index in [9.17, 15) is 0 Å². The van der Waals surface area contributed by atoms with Crippen molar-refractivity contribution in [2.75, 3.05) is 31.1 Å². The van der Waals surface area contributed by atoms with Crippen LogP contribution in [0.4, 0.5) is 5.69 Å². The van der Waals surface area contributed by atoms with Crippen molar-refractivity contribution in [1.82, 2.24) is 19.9 Å². The molecule has 4 aromatic rings. The van der Waals surface area contributed by atoms with Crippen molar-refractivity contribution in [3.05, 3.63) is 72.1 Å². The summed E-state index contributed by atoms with van der Waals surface area (Å²) in [6, 6.07) is 19.4. The van der Waals surface area contributed by atoms with Crippen molar-refractivity contribution in [2.45, 2.75) is 13.8 Å². The molecule has 1 N–H and O–H groups in total. The average Bonchev–Trinajstić information content (AvgIpc) is 3.13. The van der Waals surface area contributed by atoms with Crippen LogP contribution in [0.5, 0.6) is 0 Å². The number of benzene rings is 2. The lowest BCUT2D eigenvalue weighted by Crippen LogP contribution is -2.43. The summed E-state index contributed by atoms with van der Waals surface area (Å²) in [7, 11) is 0. The third-order valence-electron chi connectivity index (χ3n) is 5.57. The predicted octanol–water partition coefficient (Wildman–Crippen LogP) is 4.11. The number of hydrogen-bond donors (Lipinski definition) is 1. The summed E-state index contributed by atoms with van der Waals surface area (Å²) in [6.07, 6.45) is 1.87. The number of anilines is 1. The topological polar surface area (TPSA) is 46.0 Å². The largest absolute Gasteiger partial charge is 0.369 e. The highest BCUT2D eigenvalue weighted by Crippen LogP contribution is 2.31. The van der Waals surface area contributed by atoms with E-state index in [0.717, 1.165) is 60.0 Å². The Morgan fingerprint density at radius 2 is 1.66 bits per heavy atom. The van der Waals surface area contributed by atoms with Gasteiger partial charge in [-0.05, 0) is 44.2 Å². The molecule has 5 heteroatoms. The summed E-state index contributed by atoms with van der Waals surface area (Å²) in [5.74, 6) is 0.961. The Kier molecular flexibility index (Phi) is 4.52. The number of imidazole rings is 1. The molecule has 5 nitrogen and oxygen atoms in total. The quantitative estimate of drug-likeness (QED) is 0.578. The molecule has 1 aliphatic rings. The van der Waals surface area contributed by atoms with Crippen LogP contribution in [0.1, 0.15) is 11.3 Å². The second-order valence-corrected chi connectivity index (χ2v) is 7.70. The van der Waals surface area contributed by atoms with Gasteiger partial charge in [-0.1, -0.05) is 29.8 Å². The van der Waals surface area contributed by atoms with Gasteiger partial charge in [-0.3, -0.25) is 9.55 Å². The van der Waals surface area contributed by atoms with Gasteiger partial charge in [0.05, 0.1) is 16.7 Å². The van der Waals surface area contributed by atoms with E-state index in [-0.39, 0.29) is 0 Å². The Labute approximate surface area is 171 Å². The zero-order valence-electron chi connectivity index (χ0n) is 16.9. The highest BCUT2D eigenvalue weighted by Gasteiger charge is 2.17. The first-order chi connectivity index (χ1) is 14.2. The van der Waals surface area contributed by atoms with E-state index < -0.39 is 0 Å². The molecule has 0 bridgehead atoms. The molecule has 0 amide bonds. The van der Waals surface area contributed by atoms with Crippen LogP contribution in [-0.4, -0.2) is 40.7 Å². The first-order valence-electron chi connectivity index (χ1n) is 10.2. The van der Waals surface area contributed by atoms with Crippen molar-refractivity contribution >= 4 is 16.7 Å². The molecule has 0 aliphatic carbocycles. The second kappa shape index (κ2) is 7.33. The number of aromatic nitrogens is 3. The lowest BCUT2D eigenvalue weighted by molar-refractivity contribution is 0.589. The van der Waals surface area contributed by atoms with E-state index in [0.29, 0.717) is 0 Å². The van der Waals surface area contributed by atoms with Crippen LogP contribution >= 0.6 is 0 Å². The summed E-state index contributed by atoms with van der Waals surface area (Å²) in [5, 5.41) is 3.43. The molecule has 0 saturated carbocycles. The molecule has 0 atom stereocenters. The van der Waals surface area contributed by atoms with E-state index >= 15 is 0 Å². The molecule has 146 valence electrons. The lowest BCUT2D eigenvalue weighted by Gasteiger charge is -2.29. The maximum atomic E-state index is 5.02. The fourth-order valence-electron chi connectivity index (χ4n) is 4.01. The van der Waals surface area contributed by atoms with Crippen LogP contribution in [0.2, 0.25) is 0 Å². The monoisotopic (exact) mass is 383 g/mol. The number of rotatable bonds is 3. The predicted molar refractivity (Wildman–Crippen MR) is 119 cm³/mol. The molecule has 2 aromatic carbocycles. The number of nitrogens with one attached hydrogen (secondary N) is 1. The molecule has 5 rings (SSSR count). The third-order valence-corrected chi connectivity index (χ3v) is 5.57. The fourth-order valence-corrected chi connectivity index (χ4v) is 4.01. The first kappa shape index (κ1) is 17.9. The van der Waals surface area contributed by atoms with Crippen molar-refractivity contribution in [3.63, 3.8) is 0 Å². The molecule has 1 saturated heterocycles. The number of hydrogen-bond acceptors (Lipinski definition) is 4. The van der Waals surface area contributed by atoms with Crippen molar-refractivity contribution in [1.29, 1.82) is 0 Å². The molecule has 0 radical (unpaired) electrons. The van der Waals surface area contributed by atoms with Gasteiger partial charge in [0.2, 0.25) is 0 Å². The Bertz CT molecular complexity index is 1150. The van der Waals surface area contributed by atoms with Gasteiger partial charge < -0.3 is 10.2 Å². The molecule has 0 spiro atoms. The Morgan fingerprint density at radius 1 is 0.862 bits per heavy atom. The second-order valence-electron chi connectivity index (χ2n) is 7.70. The Morgan fingerprint density at radius 3 is 2.41 bits per heavy atom. The number of pyridine rings is 1.